The zero-order valence-corrected chi connectivity index (χ0v) is 10.7. The molecule has 2 N–H and O–H groups in total. The van der Waals surface area contributed by atoms with Crippen molar-refractivity contribution in [1.82, 2.24) is 0 Å². The minimum absolute atomic E-state index is 0.0556. The number of rotatable bonds is 4. The predicted octanol–water partition coefficient (Wildman–Crippen LogP) is 0.826. The predicted molar refractivity (Wildman–Crippen MR) is 60.1 cm³/mol. The highest BCUT2D eigenvalue weighted by Gasteiger charge is 2.30. The van der Waals surface area contributed by atoms with Crippen LogP contribution < -0.4 is 5.73 Å². The summed E-state index contributed by atoms with van der Waals surface area (Å²) in [6, 6.07) is -1.07. The molecule has 0 aliphatic rings. The van der Waals surface area contributed by atoms with Crippen molar-refractivity contribution in [2.75, 3.05) is 5.88 Å². The zero-order valence-electron chi connectivity index (χ0n) is 9.95. The summed E-state index contributed by atoms with van der Waals surface area (Å²) >= 11 is 5.56. The lowest BCUT2D eigenvalue weighted by Crippen LogP contribution is -2.48. The molecule has 0 bridgehead atoms. The fourth-order valence-electron chi connectivity index (χ4n) is 0.936. The maximum Gasteiger partial charge on any atom is 0.327 e. The van der Waals surface area contributed by atoms with Crippen molar-refractivity contribution in [2.45, 2.75) is 45.4 Å². The molecule has 94 valence electrons. The van der Waals surface area contributed by atoms with Crippen LogP contribution in [0.25, 0.3) is 0 Å². The molecule has 0 fully saturated rings. The molecule has 0 radical (unpaired) electrons. The van der Waals surface area contributed by atoms with Gasteiger partial charge in [-0.15, -0.1) is 11.6 Å². The van der Waals surface area contributed by atoms with Gasteiger partial charge in [0.25, 0.3) is 0 Å². The molecule has 1 unspecified atom stereocenters. The number of esters is 2. The number of ether oxygens (including phenoxy) is 2. The van der Waals surface area contributed by atoms with Crippen molar-refractivity contribution < 1.29 is 19.1 Å². The fourth-order valence-corrected chi connectivity index (χ4v) is 1.19. The van der Waals surface area contributed by atoms with Crippen LogP contribution in [-0.2, 0) is 19.1 Å². The van der Waals surface area contributed by atoms with E-state index in [-0.39, 0.29) is 5.88 Å². The van der Waals surface area contributed by atoms with Crippen molar-refractivity contribution in [3.63, 3.8) is 0 Å². The van der Waals surface area contributed by atoms with E-state index >= 15 is 0 Å². The van der Waals surface area contributed by atoms with Gasteiger partial charge in [0.05, 0.1) is 5.88 Å². The van der Waals surface area contributed by atoms with Crippen LogP contribution >= 0.6 is 11.6 Å². The van der Waals surface area contributed by atoms with Crippen LogP contribution in [-0.4, -0.2) is 35.6 Å². The molecule has 0 rings (SSSR count). The second-order valence-electron chi connectivity index (χ2n) is 4.36. The highest BCUT2D eigenvalue weighted by atomic mass is 35.5. The first-order valence-electron chi connectivity index (χ1n) is 4.89. The van der Waals surface area contributed by atoms with Gasteiger partial charge in [0.1, 0.15) is 17.7 Å². The number of carbonyl (C=O) groups is 2. The van der Waals surface area contributed by atoms with Crippen LogP contribution in [0.5, 0.6) is 0 Å². The van der Waals surface area contributed by atoms with Crippen LogP contribution in [0.3, 0.4) is 0 Å². The summed E-state index contributed by atoms with van der Waals surface area (Å²) in [5.74, 6) is -1.23. The van der Waals surface area contributed by atoms with Crippen LogP contribution in [0.1, 0.15) is 27.7 Å². The molecule has 2 atom stereocenters. The summed E-state index contributed by atoms with van der Waals surface area (Å²) in [5, 5.41) is 0. The number of hydrogen-bond donors (Lipinski definition) is 1. The van der Waals surface area contributed by atoms with Crippen LogP contribution in [0.2, 0.25) is 0 Å². The maximum absolute atomic E-state index is 11.5. The van der Waals surface area contributed by atoms with Crippen molar-refractivity contribution in [3.8, 4) is 0 Å². The Morgan fingerprint density at radius 2 is 1.88 bits per heavy atom. The molecule has 0 saturated heterocycles. The fraction of sp³-hybridized carbons (Fsp3) is 0.800. The first kappa shape index (κ1) is 15.2. The molecule has 0 aromatic carbocycles. The highest BCUT2D eigenvalue weighted by molar-refractivity contribution is 6.18. The van der Waals surface area contributed by atoms with Gasteiger partial charge in [-0.25, -0.2) is 0 Å². The molecule has 6 heteroatoms. The van der Waals surface area contributed by atoms with Gasteiger partial charge in [0.15, 0.2) is 0 Å². The number of halogens is 1. The van der Waals surface area contributed by atoms with E-state index in [1.807, 2.05) is 0 Å². The Hall–Kier alpha value is -0.810. The number of hydrogen-bond acceptors (Lipinski definition) is 5. The van der Waals surface area contributed by atoms with Crippen molar-refractivity contribution in [2.24, 2.45) is 5.73 Å². The smallest absolute Gasteiger partial charge is 0.327 e. The summed E-state index contributed by atoms with van der Waals surface area (Å²) in [6.45, 7) is 6.39. The maximum atomic E-state index is 11.5. The lowest BCUT2D eigenvalue weighted by atomic mass is 10.1. The van der Waals surface area contributed by atoms with Gasteiger partial charge in [-0.3, -0.25) is 9.59 Å². The van der Waals surface area contributed by atoms with Crippen LogP contribution in [0.4, 0.5) is 0 Å². The molecule has 0 amide bonds. The SMILES string of the molecule is CC(=O)OC(CCl)[C@H](N)C(=O)OC(C)(C)C. The van der Waals surface area contributed by atoms with Crippen LogP contribution in [0, 0.1) is 0 Å². The third-order valence-electron chi connectivity index (χ3n) is 1.55. The Kier molecular flexibility index (Phi) is 5.75. The van der Waals surface area contributed by atoms with Gasteiger partial charge < -0.3 is 15.2 Å². The normalized spacial score (nSPS) is 15.1. The van der Waals surface area contributed by atoms with Gasteiger partial charge in [0.2, 0.25) is 0 Å². The van der Waals surface area contributed by atoms with Gasteiger partial charge in [-0.1, -0.05) is 0 Å². The van der Waals surface area contributed by atoms with Crippen molar-refractivity contribution in [1.29, 1.82) is 0 Å². The molecule has 0 aromatic rings. The van der Waals surface area contributed by atoms with Gasteiger partial charge in [0, 0.05) is 6.92 Å². The van der Waals surface area contributed by atoms with E-state index in [1.165, 1.54) is 6.92 Å². The number of carbonyl (C=O) groups excluding carboxylic acids is 2. The molecular formula is C10H18ClNO4. The molecule has 0 aromatic heterocycles. The Labute approximate surface area is 100 Å². The van der Waals surface area contributed by atoms with E-state index in [4.69, 9.17) is 26.8 Å². The number of alkyl halides is 1. The lowest BCUT2D eigenvalue weighted by molar-refractivity contribution is -0.162. The summed E-state index contributed by atoms with van der Waals surface area (Å²) in [7, 11) is 0. The van der Waals surface area contributed by atoms with Crippen LogP contribution in [0.15, 0.2) is 0 Å². The molecule has 5 nitrogen and oxygen atoms in total. The van der Waals surface area contributed by atoms with Crippen molar-refractivity contribution in [3.05, 3.63) is 0 Å². The Morgan fingerprint density at radius 3 is 2.19 bits per heavy atom. The summed E-state index contributed by atoms with van der Waals surface area (Å²) in [6.07, 6.45) is -0.867. The van der Waals surface area contributed by atoms with Gasteiger partial charge in [-0.2, -0.15) is 0 Å². The first-order valence-corrected chi connectivity index (χ1v) is 5.42. The third-order valence-corrected chi connectivity index (χ3v) is 1.85. The molecular weight excluding hydrogens is 234 g/mol. The van der Waals surface area contributed by atoms with Gasteiger partial charge >= 0.3 is 11.9 Å². The molecule has 16 heavy (non-hydrogen) atoms. The standard InChI is InChI=1S/C10H18ClNO4/c1-6(13)15-7(5-11)8(12)9(14)16-10(2,3)4/h7-8H,5,12H2,1-4H3/t7?,8-/m0/s1. The van der Waals surface area contributed by atoms with Gasteiger partial charge in [-0.05, 0) is 20.8 Å². The number of nitrogens with two attached hydrogens (primary N) is 1. The van der Waals surface area contributed by atoms with E-state index in [1.54, 1.807) is 20.8 Å². The van der Waals surface area contributed by atoms with E-state index < -0.39 is 29.7 Å². The molecule has 0 spiro atoms. The third kappa shape index (κ3) is 5.92. The zero-order chi connectivity index (χ0) is 12.9. The summed E-state index contributed by atoms with van der Waals surface area (Å²) < 4.78 is 9.85. The quantitative estimate of drug-likeness (QED) is 0.591. The summed E-state index contributed by atoms with van der Waals surface area (Å²) in [5.41, 5.74) is 4.95. The first-order chi connectivity index (χ1) is 7.17. The average molecular weight is 252 g/mol. The second kappa shape index (κ2) is 6.06. The lowest BCUT2D eigenvalue weighted by Gasteiger charge is -2.25. The Morgan fingerprint density at radius 1 is 1.38 bits per heavy atom. The topological polar surface area (TPSA) is 78.6 Å². The Balaban J connectivity index is 4.44. The Bertz CT molecular complexity index is 262. The monoisotopic (exact) mass is 251 g/mol. The van der Waals surface area contributed by atoms with E-state index in [2.05, 4.69) is 0 Å². The minimum Gasteiger partial charge on any atom is -0.459 e. The minimum atomic E-state index is -1.07. The van der Waals surface area contributed by atoms with E-state index in [0.29, 0.717) is 0 Å². The molecule has 0 aliphatic carbocycles. The highest BCUT2D eigenvalue weighted by Crippen LogP contribution is 2.11. The molecule has 0 aliphatic heterocycles. The summed E-state index contributed by atoms with van der Waals surface area (Å²) in [4.78, 5) is 22.3. The average Bonchev–Trinajstić information content (AvgIpc) is 2.09. The molecule has 0 saturated carbocycles. The second-order valence-corrected chi connectivity index (χ2v) is 4.67. The largest absolute Gasteiger partial charge is 0.459 e. The van der Waals surface area contributed by atoms with E-state index in [9.17, 15) is 9.59 Å². The van der Waals surface area contributed by atoms with Crippen molar-refractivity contribution >= 4 is 23.5 Å². The molecule has 0 heterocycles. The van der Waals surface area contributed by atoms with E-state index in [0.717, 1.165) is 0 Å².